The Morgan fingerprint density at radius 3 is 2.45 bits per heavy atom. The van der Waals surface area contributed by atoms with Gasteiger partial charge in [0.25, 0.3) is 0 Å². The second-order valence-electron chi connectivity index (χ2n) is 5.76. The second-order valence-corrected chi connectivity index (χ2v) is 5.76. The highest BCUT2D eigenvalue weighted by atomic mass is 16.3. The van der Waals surface area contributed by atoms with Gasteiger partial charge < -0.3 is 14.9 Å². The van der Waals surface area contributed by atoms with Gasteiger partial charge in [0.05, 0.1) is 17.9 Å². The number of hydrogen-bond donors (Lipinski definition) is 1. The summed E-state index contributed by atoms with van der Waals surface area (Å²) in [4.78, 5) is 4.39. The molecule has 0 saturated carbocycles. The Labute approximate surface area is 122 Å². The van der Waals surface area contributed by atoms with Crippen molar-refractivity contribution in [1.82, 2.24) is 4.90 Å². The van der Waals surface area contributed by atoms with Gasteiger partial charge in [0.2, 0.25) is 0 Å². The van der Waals surface area contributed by atoms with E-state index in [4.69, 9.17) is 0 Å². The van der Waals surface area contributed by atoms with Crippen LogP contribution in [-0.2, 0) is 6.61 Å². The highest BCUT2D eigenvalue weighted by Gasteiger charge is 2.13. The normalized spacial score (nSPS) is 10.9. The van der Waals surface area contributed by atoms with Gasteiger partial charge in [-0.3, -0.25) is 0 Å². The van der Waals surface area contributed by atoms with Crippen molar-refractivity contribution in [2.75, 3.05) is 38.6 Å². The van der Waals surface area contributed by atoms with Crippen molar-refractivity contribution in [3.05, 3.63) is 29.3 Å². The highest BCUT2D eigenvalue weighted by Crippen LogP contribution is 2.22. The van der Waals surface area contributed by atoms with Crippen molar-refractivity contribution in [1.29, 1.82) is 5.26 Å². The van der Waals surface area contributed by atoms with Crippen LogP contribution < -0.4 is 4.90 Å². The van der Waals surface area contributed by atoms with Crippen LogP contribution in [0.2, 0.25) is 0 Å². The molecule has 0 radical (unpaired) electrons. The standard InChI is InChI=1S/C16H25N3O/c1-13(2)11-19(8-7-18(3)4)16-6-5-14(12-20)9-15(16)10-17/h5-6,9,13,20H,7-8,11-12H2,1-4H3. The lowest BCUT2D eigenvalue weighted by Gasteiger charge is -2.29. The molecular formula is C16H25N3O. The van der Waals surface area contributed by atoms with Crippen LogP contribution in [0.3, 0.4) is 0 Å². The first-order valence-electron chi connectivity index (χ1n) is 7.01. The van der Waals surface area contributed by atoms with Gasteiger partial charge in [-0.05, 0) is 37.7 Å². The van der Waals surface area contributed by atoms with E-state index in [0.29, 0.717) is 11.5 Å². The maximum atomic E-state index is 9.33. The molecule has 1 aromatic rings. The predicted molar refractivity (Wildman–Crippen MR) is 82.7 cm³/mol. The minimum atomic E-state index is -0.0309. The van der Waals surface area contributed by atoms with Gasteiger partial charge in [-0.1, -0.05) is 19.9 Å². The zero-order valence-electron chi connectivity index (χ0n) is 12.9. The molecule has 0 unspecified atom stereocenters. The Kier molecular flexibility index (Phi) is 6.50. The summed E-state index contributed by atoms with van der Waals surface area (Å²) in [5, 5.41) is 18.5. The third-order valence-corrected chi connectivity index (χ3v) is 3.11. The van der Waals surface area contributed by atoms with Gasteiger partial charge >= 0.3 is 0 Å². The second kappa shape index (κ2) is 7.88. The Balaban J connectivity index is 3.02. The van der Waals surface area contributed by atoms with E-state index in [9.17, 15) is 10.4 Å². The maximum Gasteiger partial charge on any atom is 0.101 e. The molecule has 4 nitrogen and oxygen atoms in total. The Bertz CT molecular complexity index is 463. The zero-order valence-corrected chi connectivity index (χ0v) is 12.9. The molecule has 0 aromatic heterocycles. The van der Waals surface area contributed by atoms with Gasteiger partial charge in [0.1, 0.15) is 6.07 Å². The molecule has 0 aliphatic rings. The molecule has 20 heavy (non-hydrogen) atoms. The SMILES string of the molecule is CC(C)CN(CCN(C)C)c1ccc(CO)cc1C#N. The average Bonchev–Trinajstić information content (AvgIpc) is 2.42. The largest absolute Gasteiger partial charge is 0.392 e. The van der Waals surface area contributed by atoms with Gasteiger partial charge in [0, 0.05) is 19.6 Å². The summed E-state index contributed by atoms with van der Waals surface area (Å²) in [5.74, 6) is 0.529. The van der Waals surface area contributed by atoms with Crippen molar-refractivity contribution in [2.24, 2.45) is 5.92 Å². The number of nitriles is 1. The number of rotatable bonds is 7. The summed E-state index contributed by atoms with van der Waals surface area (Å²) in [6.45, 7) is 7.07. The monoisotopic (exact) mass is 275 g/mol. The highest BCUT2D eigenvalue weighted by molar-refractivity contribution is 5.60. The summed E-state index contributed by atoms with van der Waals surface area (Å²) in [6, 6.07) is 7.86. The summed E-state index contributed by atoms with van der Waals surface area (Å²) < 4.78 is 0. The maximum absolute atomic E-state index is 9.33. The van der Waals surface area contributed by atoms with E-state index >= 15 is 0 Å². The minimum absolute atomic E-state index is 0.0309. The number of nitrogens with zero attached hydrogens (tertiary/aromatic N) is 3. The molecule has 0 aliphatic carbocycles. The number of aliphatic hydroxyl groups is 1. The fourth-order valence-corrected chi connectivity index (χ4v) is 2.12. The number of benzene rings is 1. The topological polar surface area (TPSA) is 50.5 Å². The molecular weight excluding hydrogens is 250 g/mol. The van der Waals surface area contributed by atoms with Crippen LogP contribution in [0, 0.1) is 17.2 Å². The molecule has 110 valence electrons. The first-order chi connectivity index (χ1) is 9.47. The van der Waals surface area contributed by atoms with Gasteiger partial charge in [0.15, 0.2) is 0 Å². The summed E-state index contributed by atoms with van der Waals surface area (Å²) >= 11 is 0. The lowest BCUT2D eigenvalue weighted by Crippen LogP contribution is -2.34. The third-order valence-electron chi connectivity index (χ3n) is 3.11. The zero-order chi connectivity index (χ0) is 15.1. The van der Waals surface area contributed by atoms with Gasteiger partial charge in [-0.15, -0.1) is 0 Å². The van der Waals surface area contributed by atoms with Crippen molar-refractivity contribution in [3.8, 4) is 6.07 Å². The first kappa shape index (κ1) is 16.5. The first-order valence-corrected chi connectivity index (χ1v) is 7.01. The van der Waals surface area contributed by atoms with Crippen LogP contribution in [0.5, 0.6) is 0 Å². The molecule has 0 bridgehead atoms. The van der Waals surface area contributed by atoms with E-state index in [-0.39, 0.29) is 6.61 Å². The Morgan fingerprint density at radius 1 is 1.25 bits per heavy atom. The van der Waals surface area contributed by atoms with Gasteiger partial charge in [-0.2, -0.15) is 5.26 Å². The molecule has 0 spiro atoms. The molecule has 1 N–H and O–H groups in total. The molecule has 0 aliphatic heterocycles. The summed E-state index contributed by atoms with van der Waals surface area (Å²) in [5.41, 5.74) is 2.37. The molecule has 0 fully saturated rings. The number of anilines is 1. The summed E-state index contributed by atoms with van der Waals surface area (Å²) in [6.07, 6.45) is 0. The summed E-state index contributed by atoms with van der Waals surface area (Å²) in [7, 11) is 4.10. The molecule has 1 aromatic carbocycles. The van der Waals surface area contributed by atoms with Crippen LogP contribution in [0.15, 0.2) is 18.2 Å². The lowest BCUT2D eigenvalue weighted by atomic mass is 10.1. The number of aliphatic hydroxyl groups excluding tert-OH is 1. The van der Waals surface area contributed by atoms with Crippen molar-refractivity contribution in [2.45, 2.75) is 20.5 Å². The molecule has 0 heterocycles. The quantitative estimate of drug-likeness (QED) is 0.827. The third kappa shape index (κ3) is 4.84. The van der Waals surface area contributed by atoms with Crippen molar-refractivity contribution in [3.63, 3.8) is 0 Å². The van der Waals surface area contributed by atoms with Crippen molar-refractivity contribution < 1.29 is 5.11 Å². The molecule has 4 heteroatoms. The smallest absolute Gasteiger partial charge is 0.101 e. The Morgan fingerprint density at radius 2 is 1.95 bits per heavy atom. The predicted octanol–water partition coefficient (Wildman–Crippen LogP) is 2.07. The molecule has 0 amide bonds. The number of likely N-dealkylation sites (N-methyl/N-ethyl adjacent to an activating group) is 1. The van der Waals surface area contributed by atoms with Crippen LogP contribution >= 0.6 is 0 Å². The molecule has 1 rings (SSSR count). The molecule has 0 atom stereocenters. The lowest BCUT2D eigenvalue weighted by molar-refractivity contribution is 0.282. The fraction of sp³-hybridized carbons (Fsp3) is 0.562. The van der Waals surface area contributed by atoms with E-state index < -0.39 is 0 Å². The number of hydrogen-bond acceptors (Lipinski definition) is 4. The van der Waals surface area contributed by atoms with E-state index in [1.807, 2.05) is 26.2 Å². The van der Waals surface area contributed by atoms with E-state index in [0.717, 1.165) is 30.9 Å². The average molecular weight is 275 g/mol. The van der Waals surface area contributed by atoms with E-state index in [2.05, 4.69) is 29.7 Å². The van der Waals surface area contributed by atoms with E-state index in [1.54, 1.807) is 6.07 Å². The van der Waals surface area contributed by atoms with Crippen LogP contribution in [0.1, 0.15) is 25.0 Å². The Hall–Kier alpha value is -1.57. The van der Waals surface area contributed by atoms with E-state index in [1.165, 1.54) is 0 Å². The van der Waals surface area contributed by atoms with Crippen molar-refractivity contribution >= 4 is 5.69 Å². The van der Waals surface area contributed by atoms with Crippen LogP contribution in [0.25, 0.3) is 0 Å². The fourth-order valence-electron chi connectivity index (χ4n) is 2.12. The molecule has 0 saturated heterocycles. The van der Waals surface area contributed by atoms with Gasteiger partial charge in [-0.25, -0.2) is 0 Å². The van der Waals surface area contributed by atoms with Crippen LogP contribution in [-0.4, -0.2) is 43.7 Å². The van der Waals surface area contributed by atoms with Crippen LogP contribution in [0.4, 0.5) is 5.69 Å². The minimum Gasteiger partial charge on any atom is -0.392 e.